The van der Waals surface area contributed by atoms with E-state index in [1.807, 2.05) is 44.2 Å². The number of rotatable bonds is 8. The van der Waals surface area contributed by atoms with Crippen molar-refractivity contribution < 1.29 is 21.6 Å². The van der Waals surface area contributed by atoms with Crippen molar-refractivity contribution in [2.24, 2.45) is 0 Å². The molecule has 1 fully saturated rings. The highest BCUT2D eigenvalue weighted by Crippen LogP contribution is 2.25. The van der Waals surface area contributed by atoms with E-state index in [0.717, 1.165) is 29.3 Å². The van der Waals surface area contributed by atoms with Crippen LogP contribution in [0.3, 0.4) is 0 Å². The van der Waals surface area contributed by atoms with Gasteiger partial charge in [-0.05, 0) is 36.5 Å². The predicted octanol–water partition coefficient (Wildman–Crippen LogP) is 3.80. The molecular weight excluding hydrogens is 534 g/mol. The lowest BCUT2D eigenvalue weighted by Gasteiger charge is -2.28. The summed E-state index contributed by atoms with van der Waals surface area (Å²) < 4.78 is 50.6. The number of hydrogen-bond donors (Lipinski definition) is 0. The second kappa shape index (κ2) is 10.9. The fraction of sp³-hybridized carbons (Fsp3) is 0.346. The van der Waals surface area contributed by atoms with E-state index in [-0.39, 0.29) is 40.9 Å². The minimum Gasteiger partial charge on any atom is -0.329 e. The van der Waals surface area contributed by atoms with Gasteiger partial charge in [-0.3, -0.25) is 4.79 Å². The van der Waals surface area contributed by atoms with Crippen LogP contribution in [0, 0.1) is 6.92 Å². The highest BCUT2D eigenvalue weighted by Gasteiger charge is 2.36. The zero-order valence-electron chi connectivity index (χ0n) is 20.6. The van der Waals surface area contributed by atoms with Crippen LogP contribution >= 0.6 is 11.6 Å². The molecule has 196 valence electrons. The standard InChI is InChI=1S/C26H28ClN3O5S2/c1-3-19-7-9-20(10-8-19)15-30(22-11-12-36(32,33)17-22)25(31)24-23(27)14-28-26(29-24)37(34,35)16-21-6-4-5-18(2)13-21/h4-10,13-14,22H,3,11-12,15-17H2,1-2H3. The number of nitrogens with zero attached hydrogens (tertiary/aromatic N) is 3. The van der Waals surface area contributed by atoms with E-state index >= 15 is 0 Å². The van der Waals surface area contributed by atoms with Gasteiger partial charge in [0.15, 0.2) is 15.5 Å². The molecule has 0 radical (unpaired) electrons. The molecule has 1 aromatic heterocycles. The van der Waals surface area contributed by atoms with Gasteiger partial charge in [0.25, 0.3) is 5.91 Å². The van der Waals surface area contributed by atoms with Crippen molar-refractivity contribution in [3.05, 3.63) is 87.7 Å². The van der Waals surface area contributed by atoms with Crippen molar-refractivity contribution in [3.63, 3.8) is 0 Å². The van der Waals surface area contributed by atoms with Crippen LogP contribution in [0.2, 0.25) is 5.02 Å². The quantitative estimate of drug-likeness (QED) is 0.384. The number of carbonyl (C=O) groups is 1. The van der Waals surface area contributed by atoms with Gasteiger partial charge in [0.05, 0.1) is 28.5 Å². The Morgan fingerprint density at radius 3 is 2.43 bits per heavy atom. The van der Waals surface area contributed by atoms with E-state index in [4.69, 9.17) is 11.6 Å². The van der Waals surface area contributed by atoms with Gasteiger partial charge < -0.3 is 4.90 Å². The fourth-order valence-corrected chi connectivity index (χ4v) is 7.43. The van der Waals surface area contributed by atoms with E-state index in [1.165, 1.54) is 4.90 Å². The average molecular weight is 562 g/mol. The van der Waals surface area contributed by atoms with E-state index in [1.54, 1.807) is 18.2 Å². The molecule has 1 aliphatic rings. The maximum absolute atomic E-state index is 13.7. The van der Waals surface area contributed by atoms with E-state index in [9.17, 15) is 21.6 Å². The number of aromatic nitrogens is 2. The van der Waals surface area contributed by atoms with Crippen molar-refractivity contribution in [1.29, 1.82) is 0 Å². The summed E-state index contributed by atoms with van der Waals surface area (Å²) in [5.41, 5.74) is 3.16. The zero-order chi connectivity index (χ0) is 26.8. The summed E-state index contributed by atoms with van der Waals surface area (Å²) in [4.78, 5) is 23.1. The van der Waals surface area contributed by atoms with Gasteiger partial charge in [-0.1, -0.05) is 72.6 Å². The SMILES string of the molecule is CCc1ccc(CN(C(=O)c2nc(S(=O)(=O)Cc3cccc(C)c3)ncc2Cl)C2CCS(=O)(=O)C2)cc1. The van der Waals surface area contributed by atoms with Crippen LogP contribution in [0.15, 0.2) is 59.9 Å². The Kier molecular flexibility index (Phi) is 8.01. The number of aryl methyl sites for hydroxylation is 2. The highest BCUT2D eigenvalue weighted by atomic mass is 35.5. The maximum atomic E-state index is 13.7. The Morgan fingerprint density at radius 1 is 1.11 bits per heavy atom. The van der Waals surface area contributed by atoms with E-state index in [2.05, 4.69) is 9.97 Å². The Labute approximate surface area is 222 Å². The van der Waals surface area contributed by atoms with Gasteiger partial charge in [-0.2, -0.15) is 0 Å². The molecule has 1 amide bonds. The lowest BCUT2D eigenvalue weighted by molar-refractivity contribution is 0.0674. The molecule has 2 aromatic carbocycles. The smallest absolute Gasteiger partial charge is 0.274 e. The van der Waals surface area contributed by atoms with Gasteiger partial charge in [-0.15, -0.1) is 0 Å². The molecule has 3 aromatic rings. The molecule has 0 spiro atoms. The first-order valence-corrected chi connectivity index (χ1v) is 15.7. The van der Waals surface area contributed by atoms with Crippen molar-refractivity contribution in [2.45, 2.75) is 50.2 Å². The summed E-state index contributed by atoms with van der Waals surface area (Å²) in [5.74, 6) is -1.17. The molecule has 0 aliphatic carbocycles. The fourth-order valence-electron chi connectivity index (χ4n) is 4.34. The summed E-state index contributed by atoms with van der Waals surface area (Å²) >= 11 is 6.29. The van der Waals surface area contributed by atoms with Crippen molar-refractivity contribution in [3.8, 4) is 0 Å². The Bertz CT molecular complexity index is 1520. The number of benzene rings is 2. The third kappa shape index (κ3) is 6.55. The van der Waals surface area contributed by atoms with Gasteiger partial charge in [0, 0.05) is 12.6 Å². The van der Waals surface area contributed by atoms with Crippen LogP contribution in [0.4, 0.5) is 0 Å². The van der Waals surface area contributed by atoms with Crippen LogP contribution < -0.4 is 0 Å². The van der Waals surface area contributed by atoms with Crippen LogP contribution in [-0.2, 0) is 38.4 Å². The zero-order valence-corrected chi connectivity index (χ0v) is 23.0. The minimum absolute atomic E-state index is 0.0240. The lowest BCUT2D eigenvalue weighted by Crippen LogP contribution is -2.41. The highest BCUT2D eigenvalue weighted by molar-refractivity contribution is 7.91. The van der Waals surface area contributed by atoms with Crippen molar-refractivity contribution in [1.82, 2.24) is 14.9 Å². The topological polar surface area (TPSA) is 114 Å². The number of halogens is 1. The molecule has 37 heavy (non-hydrogen) atoms. The summed E-state index contributed by atoms with van der Waals surface area (Å²) in [6.07, 6.45) is 2.24. The molecule has 1 aliphatic heterocycles. The first-order valence-electron chi connectivity index (χ1n) is 11.9. The first kappa shape index (κ1) is 27.2. The molecule has 2 heterocycles. The minimum atomic E-state index is -3.98. The van der Waals surface area contributed by atoms with Gasteiger partial charge in [-0.25, -0.2) is 26.8 Å². The van der Waals surface area contributed by atoms with Crippen LogP contribution in [-0.4, -0.2) is 55.2 Å². The van der Waals surface area contributed by atoms with Crippen LogP contribution in [0.25, 0.3) is 0 Å². The number of amides is 1. The summed E-state index contributed by atoms with van der Waals surface area (Å²) in [6, 6.07) is 14.2. The number of carbonyl (C=O) groups excluding carboxylic acids is 1. The average Bonchev–Trinajstić information content (AvgIpc) is 3.21. The Balaban J connectivity index is 1.68. The molecule has 0 bridgehead atoms. The molecule has 8 nitrogen and oxygen atoms in total. The second-order valence-electron chi connectivity index (χ2n) is 9.26. The molecule has 4 rings (SSSR count). The van der Waals surface area contributed by atoms with Crippen LogP contribution in [0.1, 0.15) is 46.1 Å². The molecule has 0 saturated carbocycles. The van der Waals surface area contributed by atoms with Gasteiger partial charge in [0.1, 0.15) is 0 Å². The largest absolute Gasteiger partial charge is 0.329 e. The Hall–Kier alpha value is -2.82. The third-order valence-corrected chi connectivity index (χ3v) is 9.83. The Morgan fingerprint density at radius 2 is 1.81 bits per heavy atom. The van der Waals surface area contributed by atoms with Crippen molar-refractivity contribution >= 4 is 37.2 Å². The molecule has 1 unspecified atom stereocenters. The summed E-state index contributed by atoms with van der Waals surface area (Å²) in [5, 5.41) is -0.611. The third-order valence-electron chi connectivity index (χ3n) is 6.34. The molecule has 1 atom stereocenters. The normalized spacial score (nSPS) is 17.0. The van der Waals surface area contributed by atoms with Crippen LogP contribution in [0.5, 0.6) is 0 Å². The maximum Gasteiger partial charge on any atom is 0.274 e. The number of sulfone groups is 2. The van der Waals surface area contributed by atoms with E-state index in [0.29, 0.717) is 5.56 Å². The second-order valence-corrected chi connectivity index (χ2v) is 13.8. The summed E-state index contributed by atoms with van der Waals surface area (Å²) in [6.45, 7) is 4.03. The number of hydrogen-bond acceptors (Lipinski definition) is 7. The molecular formula is C26H28ClN3O5S2. The first-order chi connectivity index (χ1) is 17.5. The predicted molar refractivity (Wildman–Crippen MR) is 142 cm³/mol. The van der Waals surface area contributed by atoms with Gasteiger partial charge >= 0.3 is 0 Å². The van der Waals surface area contributed by atoms with E-state index < -0.39 is 36.8 Å². The molecule has 1 saturated heterocycles. The lowest BCUT2D eigenvalue weighted by atomic mass is 10.1. The summed E-state index contributed by atoms with van der Waals surface area (Å²) in [7, 11) is -7.27. The molecule has 11 heteroatoms. The monoisotopic (exact) mass is 561 g/mol. The molecule has 0 N–H and O–H groups in total. The van der Waals surface area contributed by atoms with Gasteiger partial charge in [0.2, 0.25) is 15.0 Å². The van der Waals surface area contributed by atoms with Crippen molar-refractivity contribution in [2.75, 3.05) is 11.5 Å².